The van der Waals surface area contributed by atoms with Crippen LogP contribution >= 0.6 is 0 Å². The summed E-state index contributed by atoms with van der Waals surface area (Å²) in [5.41, 5.74) is -6.39. The summed E-state index contributed by atoms with van der Waals surface area (Å²) < 4.78 is 97.0. The number of imide groups is 1. The van der Waals surface area contributed by atoms with Gasteiger partial charge < -0.3 is 24.6 Å². The van der Waals surface area contributed by atoms with Crippen LogP contribution in [0, 0.1) is 0 Å². The fourth-order valence-electron chi connectivity index (χ4n) is 5.52. The van der Waals surface area contributed by atoms with Crippen LogP contribution < -0.4 is 19.5 Å². The van der Waals surface area contributed by atoms with Crippen molar-refractivity contribution in [2.24, 2.45) is 0 Å². The number of benzene rings is 3. The topological polar surface area (TPSA) is 97.3 Å². The number of aryl methyl sites for hydroxylation is 1. The fraction of sp³-hybridized carbons (Fsp3) is 0.394. The van der Waals surface area contributed by atoms with Gasteiger partial charge in [-0.15, -0.1) is 0 Å². The van der Waals surface area contributed by atoms with Crippen LogP contribution in [-0.2, 0) is 28.8 Å². The number of hydrogen-bond acceptors (Lipinski definition) is 6. The van der Waals surface area contributed by atoms with E-state index in [-0.39, 0.29) is 42.9 Å². The fourth-order valence-corrected chi connectivity index (χ4v) is 5.52. The molecular formula is C33H34F6N2O6. The van der Waals surface area contributed by atoms with Crippen molar-refractivity contribution in [1.29, 1.82) is 0 Å². The SMILES string of the molecule is CCCc1cc(C(O)(C(F)(F)F)C(F)(F)F)ccc1Oc1ccc(CCN2C(=O)NC(CC)(c3ccc(OC)c(OC)c3)C2=O)cc1. The van der Waals surface area contributed by atoms with Crippen molar-refractivity contribution in [2.45, 2.75) is 63.0 Å². The molecule has 254 valence electrons. The van der Waals surface area contributed by atoms with Crippen LogP contribution in [0.1, 0.15) is 48.9 Å². The molecule has 0 spiro atoms. The van der Waals surface area contributed by atoms with Gasteiger partial charge in [-0.2, -0.15) is 26.3 Å². The lowest BCUT2D eigenvalue weighted by Gasteiger charge is -2.33. The van der Waals surface area contributed by atoms with Gasteiger partial charge in [0, 0.05) is 12.1 Å². The third kappa shape index (κ3) is 6.55. The van der Waals surface area contributed by atoms with E-state index >= 15 is 0 Å². The standard InChI is InChI=1S/C33H34F6N2O6/c1-5-7-21-18-23(31(44,32(34,35)36)33(37,38)39)11-14-25(21)47-24-12-8-20(9-13-24)16-17-41-28(42)30(6-2,40-29(41)43)22-10-15-26(45-3)27(19-22)46-4/h8-15,18-19,44H,5-7,16-17H2,1-4H3,(H,40,43). The predicted octanol–water partition coefficient (Wildman–Crippen LogP) is 7.16. The minimum absolute atomic E-state index is 0.0282. The number of carbonyl (C=O) groups is 2. The highest BCUT2D eigenvalue weighted by atomic mass is 19.4. The highest BCUT2D eigenvalue weighted by Crippen LogP contribution is 2.50. The van der Waals surface area contributed by atoms with Gasteiger partial charge in [0.15, 0.2) is 11.5 Å². The first-order valence-corrected chi connectivity index (χ1v) is 14.7. The van der Waals surface area contributed by atoms with Crippen molar-refractivity contribution in [2.75, 3.05) is 20.8 Å². The lowest BCUT2D eigenvalue weighted by atomic mass is 9.87. The van der Waals surface area contributed by atoms with Crippen molar-refractivity contribution in [3.05, 3.63) is 82.9 Å². The second-order valence-electron chi connectivity index (χ2n) is 11.0. The van der Waals surface area contributed by atoms with Crippen LogP contribution in [0.15, 0.2) is 60.7 Å². The summed E-state index contributed by atoms with van der Waals surface area (Å²) in [6.07, 6.45) is -11.0. The molecule has 0 saturated carbocycles. The Morgan fingerprint density at radius 2 is 1.43 bits per heavy atom. The van der Waals surface area contributed by atoms with E-state index in [0.29, 0.717) is 35.6 Å². The normalized spacial score (nSPS) is 17.1. The van der Waals surface area contributed by atoms with Gasteiger partial charge in [-0.3, -0.25) is 9.69 Å². The van der Waals surface area contributed by atoms with E-state index in [1.807, 2.05) is 0 Å². The second-order valence-corrected chi connectivity index (χ2v) is 11.0. The van der Waals surface area contributed by atoms with Crippen molar-refractivity contribution in [1.82, 2.24) is 10.2 Å². The largest absolute Gasteiger partial charge is 0.493 e. The quantitative estimate of drug-likeness (QED) is 0.157. The molecule has 0 aliphatic carbocycles. The van der Waals surface area contributed by atoms with Crippen molar-refractivity contribution in [3.63, 3.8) is 0 Å². The molecule has 0 radical (unpaired) electrons. The van der Waals surface area contributed by atoms with Crippen LogP contribution in [0.4, 0.5) is 31.1 Å². The van der Waals surface area contributed by atoms with Crippen LogP contribution in [-0.4, -0.2) is 55.1 Å². The molecule has 0 aromatic heterocycles. The molecule has 3 aromatic carbocycles. The number of urea groups is 1. The molecular weight excluding hydrogens is 634 g/mol. The summed E-state index contributed by atoms with van der Waals surface area (Å²) >= 11 is 0. The van der Waals surface area contributed by atoms with Crippen molar-refractivity contribution >= 4 is 11.9 Å². The minimum Gasteiger partial charge on any atom is -0.493 e. The van der Waals surface area contributed by atoms with Crippen LogP contribution in [0.3, 0.4) is 0 Å². The van der Waals surface area contributed by atoms with E-state index in [2.05, 4.69) is 5.32 Å². The van der Waals surface area contributed by atoms with Crippen LogP contribution in [0.25, 0.3) is 0 Å². The van der Waals surface area contributed by atoms with E-state index in [4.69, 9.17) is 14.2 Å². The Balaban J connectivity index is 1.49. The van der Waals surface area contributed by atoms with Crippen molar-refractivity contribution in [3.8, 4) is 23.0 Å². The van der Waals surface area contributed by atoms with Gasteiger partial charge in [-0.05, 0) is 72.4 Å². The number of ether oxygens (including phenoxy) is 3. The molecule has 1 atom stereocenters. The first-order valence-electron chi connectivity index (χ1n) is 14.7. The summed E-state index contributed by atoms with van der Waals surface area (Å²) in [7, 11) is 2.95. The van der Waals surface area contributed by atoms with Crippen LogP contribution in [0.5, 0.6) is 23.0 Å². The monoisotopic (exact) mass is 668 g/mol. The van der Waals surface area contributed by atoms with E-state index in [9.17, 15) is 41.0 Å². The minimum atomic E-state index is -6.01. The molecule has 8 nitrogen and oxygen atoms in total. The zero-order valence-electron chi connectivity index (χ0n) is 26.0. The second kappa shape index (κ2) is 13.3. The number of amides is 3. The number of carbonyl (C=O) groups excluding carboxylic acids is 2. The Bertz CT molecular complexity index is 1590. The molecule has 0 bridgehead atoms. The molecule has 1 heterocycles. The zero-order valence-corrected chi connectivity index (χ0v) is 26.0. The molecule has 14 heteroatoms. The highest BCUT2D eigenvalue weighted by molar-refractivity contribution is 6.07. The van der Waals surface area contributed by atoms with Gasteiger partial charge in [0.1, 0.15) is 17.0 Å². The number of methoxy groups -OCH3 is 2. The van der Waals surface area contributed by atoms with Gasteiger partial charge in [-0.1, -0.05) is 44.5 Å². The Kier molecular flexibility index (Phi) is 10.0. The van der Waals surface area contributed by atoms with Gasteiger partial charge in [0.25, 0.3) is 11.5 Å². The van der Waals surface area contributed by atoms with E-state index in [1.165, 1.54) is 14.2 Å². The molecule has 2 N–H and O–H groups in total. The number of halogens is 6. The lowest BCUT2D eigenvalue weighted by Crippen LogP contribution is -2.53. The molecule has 1 unspecified atom stereocenters. The molecule has 3 aromatic rings. The maximum absolute atomic E-state index is 13.6. The molecule has 1 fully saturated rings. The van der Waals surface area contributed by atoms with Gasteiger partial charge in [-0.25, -0.2) is 4.79 Å². The van der Waals surface area contributed by atoms with E-state index in [1.54, 1.807) is 56.3 Å². The molecule has 3 amide bonds. The number of hydrogen-bond donors (Lipinski definition) is 2. The van der Waals surface area contributed by atoms with Gasteiger partial charge >= 0.3 is 18.4 Å². The molecule has 1 saturated heterocycles. The third-order valence-corrected chi connectivity index (χ3v) is 8.18. The number of alkyl halides is 6. The lowest BCUT2D eigenvalue weighted by molar-refractivity contribution is -0.376. The number of nitrogens with one attached hydrogen (secondary N) is 1. The average Bonchev–Trinajstić information content (AvgIpc) is 3.28. The zero-order chi connectivity index (χ0) is 34.8. The summed E-state index contributed by atoms with van der Waals surface area (Å²) in [5, 5.41) is 12.6. The average molecular weight is 669 g/mol. The molecule has 1 aliphatic heterocycles. The number of aliphatic hydroxyl groups is 1. The first kappa shape index (κ1) is 35.4. The Hall–Kier alpha value is -4.46. The molecule has 47 heavy (non-hydrogen) atoms. The van der Waals surface area contributed by atoms with E-state index < -0.39 is 41.0 Å². The Labute approximate surface area is 267 Å². The Morgan fingerprint density at radius 3 is 1.98 bits per heavy atom. The molecule has 4 rings (SSSR count). The Morgan fingerprint density at radius 1 is 0.809 bits per heavy atom. The summed E-state index contributed by atoms with van der Waals surface area (Å²) in [4.78, 5) is 27.7. The summed E-state index contributed by atoms with van der Waals surface area (Å²) in [6.45, 7) is 3.53. The maximum atomic E-state index is 13.6. The summed E-state index contributed by atoms with van der Waals surface area (Å²) in [6, 6.07) is 13.0. The van der Waals surface area contributed by atoms with E-state index in [0.717, 1.165) is 16.5 Å². The number of nitrogens with zero attached hydrogens (tertiary/aromatic N) is 1. The smallest absolute Gasteiger partial charge is 0.430 e. The highest BCUT2D eigenvalue weighted by Gasteiger charge is 2.71. The number of rotatable bonds is 12. The predicted molar refractivity (Wildman–Crippen MR) is 158 cm³/mol. The molecule has 1 aliphatic rings. The van der Waals surface area contributed by atoms with Gasteiger partial charge in [0.2, 0.25) is 0 Å². The maximum Gasteiger partial charge on any atom is 0.430 e. The third-order valence-electron chi connectivity index (χ3n) is 8.18. The summed E-state index contributed by atoms with van der Waals surface area (Å²) in [5.74, 6) is 0.724. The van der Waals surface area contributed by atoms with Gasteiger partial charge in [0.05, 0.1) is 14.2 Å². The van der Waals surface area contributed by atoms with Crippen molar-refractivity contribution < 1.29 is 55.2 Å². The van der Waals surface area contributed by atoms with Crippen LogP contribution in [0.2, 0.25) is 0 Å². The first-order chi connectivity index (χ1) is 22.1.